The van der Waals surface area contributed by atoms with Crippen molar-refractivity contribution in [3.8, 4) is 6.07 Å². The summed E-state index contributed by atoms with van der Waals surface area (Å²) in [7, 11) is 1.67. The van der Waals surface area contributed by atoms with Crippen molar-refractivity contribution >= 4 is 11.6 Å². The minimum atomic E-state index is -0.194. The Kier molecular flexibility index (Phi) is 3.30. The number of carbonyl (C=O) groups excluding carboxylic acids is 1. The Morgan fingerprint density at radius 1 is 1.28 bits per heavy atom. The van der Waals surface area contributed by atoms with Crippen LogP contribution in [0.25, 0.3) is 0 Å². The molecule has 0 radical (unpaired) electrons. The molecule has 0 saturated carbocycles. The minimum absolute atomic E-state index is 0.194. The molecule has 0 atom stereocenters. The van der Waals surface area contributed by atoms with Crippen LogP contribution in [0.5, 0.6) is 0 Å². The van der Waals surface area contributed by atoms with Crippen LogP contribution in [0, 0.1) is 11.3 Å². The number of nitrogens with zero attached hydrogens (tertiary/aromatic N) is 4. The van der Waals surface area contributed by atoms with Gasteiger partial charge in [-0.1, -0.05) is 0 Å². The van der Waals surface area contributed by atoms with Crippen molar-refractivity contribution < 1.29 is 4.79 Å². The fourth-order valence-corrected chi connectivity index (χ4v) is 1.50. The van der Waals surface area contributed by atoms with Crippen molar-refractivity contribution in [2.75, 3.05) is 11.9 Å². The SMILES string of the molecule is CN(C(=O)c1ccnc(C#N)c1)c1ccncc1. The van der Waals surface area contributed by atoms with E-state index in [1.54, 1.807) is 37.6 Å². The summed E-state index contributed by atoms with van der Waals surface area (Å²) < 4.78 is 0. The summed E-state index contributed by atoms with van der Waals surface area (Å²) >= 11 is 0. The first kappa shape index (κ1) is 11.7. The van der Waals surface area contributed by atoms with Gasteiger partial charge in [0.05, 0.1) is 0 Å². The van der Waals surface area contributed by atoms with E-state index < -0.39 is 0 Å². The molecule has 2 aromatic heterocycles. The average molecular weight is 238 g/mol. The number of nitriles is 1. The molecule has 88 valence electrons. The third kappa shape index (κ3) is 2.33. The van der Waals surface area contributed by atoms with E-state index in [1.165, 1.54) is 17.2 Å². The lowest BCUT2D eigenvalue weighted by molar-refractivity contribution is 0.0993. The second-order valence-corrected chi connectivity index (χ2v) is 3.61. The number of carbonyl (C=O) groups is 1. The monoisotopic (exact) mass is 238 g/mol. The molecule has 18 heavy (non-hydrogen) atoms. The lowest BCUT2D eigenvalue weighted by Crippen LogP contribution is -2.26. The molecule has 2 rings (SSSR count). The third-order valence-electron chi connectivity index (χ3n) is 2.48. The summed E-state index contributed by atoms with van der Waals surface area (Å²) in [4.78, 5) is 21.4. The van der Waals surface area contributed by atoms with Gasteiger partial charge in [-0.3, -0.25) is 9.78 Å². The molecule has 5 nitrogen and oxygen atoms in total. The van der Waals surface area contributed by atoms with Gasteiger partial charge in [-0.25, -0.2) is 4.98 Å². The number of aromatic nitrogens is 2. The zero-order valence-corrected chi connectivity index (χ0v) is 9.74. The van der Waals surface area contributed by atoms with E-state index in [2.05, 4.69) is 9.97 Å². The summed E-state index contributed by atoms with van der Waals surface area (Å²) in [6, 6.07) is 8.45. The van der Waals surface area contributed by atoms with Gasteiger partial charge in [-0.2, -0.15) is 5.26 Å². The zero-order valence-electron chi connectivity index (χ0n) is 9.74. The molecule has 2 aromatic rings. The van der Waals surface area contributed by atoms with Crippen molar-refractivity contribution in [3.05, 3.63) is 54.1 Å². The Bertz CT molecular complexity index is 604. The molecule has 5 heteroatoms. The summed E-state index contributed by atoms with van der Waals surface area (Å²) in [6.07, 6.45) is 4.69. The molecule has 0 saturated heterocycles. The van der Waals surface area contributed by atoms with Crippen molar-refractivity contribution in [3.63, 3.8) is 0 Å². The van der Waals surface area contributed by atoms with Gasteiger partial charge in [0, 0.05) is 36.9 Å². The first-order valence-corrected chi connectivity index (χ1v) is 5.26. The van der Waals surface area contributed by atoms with Crippen molar-refractivity contribution in [2.24, 2.45) is 0 Å². The zero-order chi connectivity index (χ0) is 13.0. The number of rotatable bonds is 2. The lowest BCUT2D eigenvalue weighted by atomic mass is 10.2. The fraction of sp³-hybridized carbons (Fsp3) is 0.0769. The van der Waals surface area contributed by atoms with Gasteiger partial charge in [-0.05, 0) is 24.3 Å². The van der Waals surface area contributed by atoms with Crippen LogP contribution < -0.4 is 4.90 Å². The van der Waals surface area contributed by atoms with E-state index >= 15 is 0 Å². The van der Waals surface area contributed by atoms with Crippen LogP contribution in [-0.2, 0) is 0 Å². The standard InChI is InChI=1S/C13H10N4O/c1-17(12-3-5-15-6-4-12)13(18)10-2-7-16-11(8-10)9-14/h2-8H,1H3. The highest BCUT2D eigenvalue weighted by molar-refractivity contribution is 6.05. The molecule has 0 bridgehead atoms. The Morgan fingerprint density at radius 3 is 2.67 bits per heavy atom. The normalized spacial score (nSPS) is 9.56. The number of pyridine rings is 2. The molecule has 1 amide bonds. The first-order chi connectivity index (χ1) is 8.72. The maximum Gasteiger partial charge on any atom is 0.258 e. The largest absolute Gasteiger partial charge is 0.311 e. The Morgan fingerprint density at radius 2 is 2.00 bits per heavy atom. The van der Waals surface area contributed by atoms with Crippen LogP contribution in [0.2, 0.25) is 0 Å². The highest BCUT2D eigenvalue weighted by Gasteiger charge is 2.13. The fourth-order valence-electron chi connectivity index (χ4n) is 1.50. The third-order valence-corrected chi connectivity index (χ3v) is 2.48. The van der Waals surface area contributed by atoms with E-state index in [0.717, 1.165) is 5.69 Å². The summed E-state index contributed by atoms with van der Waals surface area (Å²) in [5, 5.41) is 8.75. The summed E-state index contributed by atoms with van der Waals surface area (Å²) in [6.45, 7) is 0. The van der Waals surface area contributed by atoms with E-state index in [0.29, 0.717) is 5.56 Å². The molecule has 0 N–H and O–H groups in total. The number of hydrogen-bond acceptors (Lipinski definition) is 4. The Labute approximate surface area is 104 Å². The van der Waals surface area contributed by atoms with Gasteiger partial charge in [0.1, 0.15) is 11.8 Å². The lowest BCUT2D eigenvalue weighted by Gasteiger charge is -2.16. The van der Waals surface area contributed by atoms with E-state index in [4.69, 9.17) is 5.26 Å². The predicted octanol–water partition coefficient (Wildman–Crippen LogP) is 1.62. The second kappa shape index (κ2) is 5.06. The van der Waals surface area contributed by atoms with Crippen molar-refractivity contribution in [1.82, 2.24) is 9.97 Å². The Balaban J connectivity index is 2.29. The van der Waals surface area contributed by atoms with E-state index in [9.17, 15) is 4.79 Å². The van der Waals surface area contributed by atoms with Crippen LogP contribution >= 0.6 is 0 Å². The number of hydrogen-bond donors (Lipinski definition) is 0. The maximum atomic E-state index is 12.2. The van der Waals surface area contributed by atoms with Crippen molar-refractivity contribution in [2.45, 2.75) is 0 Å². The first-order valence-electron chi connectivity index (χ1n) is 5.26. The molecule has 2 heterocycles. The smallest absolute Gasteiger partial charge is 0.258 e. The van der Waals surface area contributed by atoms with Crippen LogP contribution in [0.1, 0.15) is 16.1 Å². The molecule has 0 aliphatic carbocycles. The van der Waals surface area contributed by atoms with Gasteiger partial charge in [0.25, 0.3) is 5.91 Å². The quantitative estimate of drug-likeness (QED) is 0.797. The predicted molar refractivity (Wildman–Crippen MR) is 65.9 cm³/mol. The highest BCUT2D eigenvalue weighted by atomic mass is 16.2. The van der Waals surface area contributed by atoms with Gasteiger partial charge in [0.15, 0.2) is 0 Å². The average Bonchev–Trinajstić information content (AvgIpc) is 2.46. The second-order valence-electron chi connectivity index (χ2n) is 3.61. The molecule has 0 aliphatic heterocycles. The van der Waals surface area contributed by atoms with Crippen molar-refractivity contribution in [1.29, 1.82) is 5.26 Å². The van der Waals surface area contributed by atoms with Gasteiger partial charge in [0.2, 0.25) is 0 Å². The Hall–Kier alpha value is -2.74. The highest BCUT2D eigenvalue weighted by Crippen LogP contribution is 2.14. The summed E-state index contributed by atoms with van der Waals surface area (Å²) in [5.74, 6) is -0.194. The van der Waals surface area contributed by atoms with Crippen LogP contribution in [0.15, 0.2) is 42.9 Å². The molecule has 0 spiro atoms. The topological polar surface area (TPSA) is 69.9 Å². The molecular formula is C13H10N4O. The minimum Gasteiger partial charge on any atom is -0.311 e. The van der Waals surface area contributed by atoms with Crippen LogP contribution in [0.4, 0.5) is 5.69 Å². The number of amides is 1. The summed E-state index contributed by atoms with van der Waals surface area (Å²) in [5.41, 5.74) is 1.40. The van der Waals surface area contributed by atoms with E-state index in [-0.39, 0.29) is 11.6 Å². The van der Waals surface area contributed by atoms with Gasteiger partial charge < -0.3 is 4.90 Å². The molecule has 0 aliphatic rings. The van der Waals surface area contributed by atoms with Gasteiger partial charge >= 0.3 is 0 Å². The molecule has 0 aromatic carbocycles. The molecule has 0 unspecified atom stereocenters. The van der Waals surface area contributed by atoms with Crippen LogP contribution in [0.3, 0.4) is 0 Å². The van der Waals surface area contributed by atoms with E-state index in [1.807, 2.05) is 6.07 Å². The number of anilines is 1. The molecule has 0 fully saturated rings. The molecular weight excluding hydrogens is 228 g/mol. The van der Waals surface area contributed by atoms with Crippen LogP contribution in [-0.4, -0.2) is 22.9 Å². The maximum absolute atomic E-state index is 12.2. The van der Waals surface area contributed by atoms with Gasteiger partial charge in [-0.15, -0.1) is 0 Å².